The number of alkyl halides is 2. The van der Waals surface area contributed by atoms with E-state index in [-0.39, 0.29) is 35.2 Å². The van der Waals surface area contributed by atoms with Crippen molar-refractivity contribution in [3.63, 3.8) is 0 Å². The Labute approximate surface area is 175 Å². The highest BCUT2D eigenvalue weighted by Crippen LogP contribution is 2.23. The van der Waals surface area contributed by atoms with E-state index in [1.807, 2.05) is 24.3 Å². The van der Waals surface area contributed by atoms with Gasteiger partial charge in [0, 0.05) is 26.2 Å². The smallest absolute Gasteiger partial charge is 0.333 e. The van der Waals surface area contributed by atoms with E-state index >= 15 is 0 Å². The molecule has 0 unspecified atom stereocenters. The molecule has 0 aliphatic carbocycles. The SMILES string of the molecule is Cc1nn(C(F)F)c(C)c1S(=O)(=O)NCc1ccc(CN2CCOCC2)cc1.Cl. The maximum absolute atomic E-state index is 12.9. The Hall–Kier alpha value is -1.59. The minimum absolute atomic E-state index is 0. The van der Waals surface area contributed by atoms with Crippen molar-refractivity contribution in [2.75, 3.05) is 26.3 Å². The number of rotatable bonds is 7. The molecule has 1 N–H and O–H groups in total. The largest absolute Gasteiger partial charge is 0.379 e. The van der Waals surface area contributed by atoms with Crippen molar-refractivity contribution in [3.8, 4) is 0 Å². The molecular weight excluding hydrogens is 426 g/mol. The fourth-order valence-electron chi connectivity index (χ4n) is 3.26. The second-order valence-electron chi connectivity index (χ2n) is 6.75. The number of hydrogen-bond acceptors (Lipinski definition) is 5. The van der Waals surface area contributed by atoms with Gasteiger partial charge in [-0.1, -0.05) is 24.3 Å². The zero-order chi connectivity index (χ0) is 20.3. The lowest BCUT2D eigenvalue weighted by Crippen LogP contribution is -2.35. The molecular formula is C18H25ClF2N4O3S. The van der Waals surface area contributed by atoms with Gasteiger partial charge in [-0.15, -0.1) is 12.4 Å². The van der Waals surface area contributed by atoms with E-state index in [1.54, 1.807) is 0 Å². The fraction of sp³-hybridized carbons (Fsp3) is 0.500. The van der Waals surface area contributed by atoms with E-state index < -0.39 is 16.6 Å². The van der Waals surface area contributed by atoms with Crippen LogP contribution >= 0.6 is 12.4 Å². The van der Waals surface area contributed by atoms with Gasteiger partial charge in [-0.3, -0.25) is 4.90 Å². The first-order chi connectivity index (χ1) is 13.3. The number of nitrogens with one attached hydrogen (secondary N) is 1. The number of aromatic nitrogens is 2. The lowest BCUT2D eigenvalue weighted by Gasteiger charge is -2.26. The number of halogens is 3. The second kappa shape index (κ2) is 9.94. The molecule has 0 saturated carbocycles. The summed E-state index contributed by atoms with van der Waals surface area (Å²) in [5, 5.41) is 3.63. The Morgan fingerprint density at radius 3 is 2.28 bits per heavy atom. The molecule has 3 rings (SSSR count). The second-order valence-corrected chi connectivity index (χ2v) is 8.46. The van der Waals surface area contributed by atoms with E-state index in [4.69, 9.17) is 4.74 Å². The molecule has 29 heavy (non-hydrogen) atoms. The van der Waals surface area contributed by atoms with Gasteiger partial charge in [0.05, 0.1) is 24.6 Å². The molecule has 162 valence electrons. The zero-order valence-corrected chi connectivity index (χ0v) is 17.9. The third-order valence-electron chi connectivity index (χ3n) is 4.71. The molecule has 1 aromatic carbocycles. The zero-order valence-electron chi connectivity index (χ0n) is 16.3. The topological polar surface area (TPSA) is 76.5 Å². The number of sulfonamides is 1. The average molecular weight is 451 g/mol. The van der Waals surface area contributed by atoms with Crippen LogP contribution in [0.4, 0.5) is 8.78 Å². The van der Waals surface area contributed by atoms with Gasteiger partial charge in [0.15, 0.2) is 0 Å². The molecule has 1 saturated heterocycles. The van der Waals surface area contributed by atoms with Crippen LogP contribution in [0.15, 0.2) is 29.2 Å². The lowest BCUT2D eigenvalue weighted by atomic mass is 10.1. The van der Waals surface area contributed by atoms with Crippen LogP contribution in [0.25, 0.3) is 0 Å². The van der Waals surface area contributed by atoms with Gasteiger partial charge in [0.1, 0.15) is 4.90 Å². The molecule has 2 aromatic rings. The molecule has 1 fully saturated rings. The van der Waals surface area contributed by atoms with Crippen molar-refractivity contribution in [2.24, 2.45) is 0 Å². The molecule has 7 nitrogen and oxygen atoms in total. The Kier molecular flexibility index (Phi) is 8.12. The van der Waals surface area contributed by atoms with Gasteiger partial charge < -0.3 is 4.74 Å². The number of hydrogen-bond donors (Lipinski definition) is 1. The third-order valence-corrected chi connectivity index (χ3v) is 6.36. The van der Waals surface area contributed by atoms with Gasteiger partial charge in [-0.25, -0.2) is 17.8 Å². The van der Waals surface area contributed by atoms with Crippen molar-refractivity contribution in [3.05, 3.63) is 46.8 Å². The fourth-order valence-corrected chi connectivity index (χ4v) is 4.67. The van der Waals surface area contributed by atoms with E-state index in [2.05, 4.69) is 14.7 Å². The highest BCUT2D eigenvalue weighted by molar-refractivity contribution is 7.89. The van der Waals surface area contributed by atoms with Gasteiger partial charge in [-0.05, 0) is 25.0 Å². The number of benzene rings is 1. The monoisotopic (exact) mass is 450 g/mol. The van der Waals surface area contributed by atoms with Crippen LogP contribution in [0, 0.1) is 13.8 Å². The van der Waals surface area contributed by atoms with E-state index in [1.165, 1.54) is 13.8 Å². The molecule has 11 heteroatoms. The van der Waals surface area contributed by atoms with Crippen LogP contribution < -0.4 is 4.72 Å². The van der Waals surface area contributed by atoms with Crippen molar-refractivity contribution in [1.82, 2.24) is 19.4 Å². The first kappa shape index (κ1) is 23.7. The summed E-state index contributed by atoms with van der Waals surface area (Å²) in [4.78, 5) is 2.10. The predicted octanol–water partition coefficient (Wildman–Crippen LogP) is 2.63. The first-order valence-electron chi connectivity index (χ1n) is 8.99. The molecule has 0 amide bonds. The molecule has 0 atom stereocenters. The highest BCUT2D eigenvalue weighted by atomic mass is 35.5. The normalized spacial score (nSPS) is 15.5. The molecule has 0 radical (unpaired) electrons. The highest BCUT2D eigenvalue weighted by Gasteiger charge is 2.26. The number of nitrogens with zero attached hydrogens (tertiary/aromatic N) is 3. The van der Waals surface area contributed by atoms with Gasteiger partial charge in [-0.2, -0.15) is 13.9 Å². The van der Waals surface area contributed by atoms with Crippen molar-refractivity contribution in [2.45, 2.75) is 38.4 Å². The summed E-state index contributed by atoms with van der Waals surface area (Å²) >= 11 is 0. The van der Waals surface area contributed by atoms with Crippen LogP contribution in [0.1, 0.15) is 29.1 Å². The lowest BCUT2D eigenvalue weighted by molar-refractivity contribution is 0.0342. The quantitative estimate of drug-likeness (QED) is 0.701. The maximum atomic E-state index is 12.9. The molecule has 1 aliphatic heterocycles. The Bertz CT molecular complexity index is 914. The molecule has 2 heterocycles. The third kappa shape index (κ3) is 5.73. The summed E-state index contributed by atoms with van der Waals surface area (Å²) in [7, 11) is -3.95. The van der Waals surface area contributed by atoms with Crippen molar-refractivity contribution in [1.29, 1.82) is 0 Å². The molecule has 1 aromatic heterocycles. The molecule has 1 aliphatic rings. The first-order valence-corrected chi connectivity index (χ1v) is 10.5. The molecule has 0 bridgehead atoms. The summed E-state index contributed by atoms with van der Waals surface area (Å²) in [6, 6.07) is 7.65. The summed E-state index contributed by atoms with van der Waals surface area (Å²) in [5.41, 5.74) is 1.89. The minimum Gasteiger partial charge on any atom is -0.379 e. The summed E-state index contributed by atoms with van der Waals surface area (Å²) in [6.45, 7) is 3.99. The van der Waals surface area contributed by atoms with Crippen LogP contribution in [-0.4, -0.2) is 49.4 Å². The van der Waals surface area contributed by atoms with Gasteiger partial charge in [0.25, 0.3) is 0 Å². The predicted molar refractivity (Wildman–Crippen MR) is 107 cm³/mol. The summed E-state index contributed by atoms with van der Waals surface area (Å²) in [6.07, 6.45) is 0. The maximum Gasteiger partial charge on any atom is 0.333 e. The Morgan fingerprint density at radius 2 is 1.72 bits per heavy atom. The minimum atomic E-state index is -3.95. The van der Waals surface area contributed by atoms with Crippen LogP contribution in [0.2, 0.25) is 0 Å². The number of ether oxygens (including phenoxy) is 1. The number of aryl methyl sites for hydroxylation is 1. The van der Waals surface area contributed by atoms with Gasteiger partial charge in [0.2, 0.25) is 10.0 Å². The van der Waals surface area contributed by atoms with Crippen LogP contribution in [0.5, 0.6) is 0 Å². The average Bonchev–Trinajstić information content (AvgIpc) is 2.97. The van der Waals surface area contributed by atoms with E-state index in [0.717, 1.165) is 44.0 Å². The standard InChI is InChI=1S/C18H24F2N4O3S.ClH/c1-13-17(14(2)24(22-13)18(19)20)28(25,26)21-11-15-3-5-16(6-4-15)12-23-7-9-27-10-8-23;/h3-6,18,21H,7-12H2,1-2H3;1H. The summed E-state index contributed by atoms with van der Waals surface area (Å²) in [5.74, 6) is 0. The van der Waals surface area contributed by atoms with Crippen LogP contribution in [-0.2, 0) is 27.8 Å². The Balaban J connectivity index is 0.00000300. The molecule has 0 spiro atoms. The van der Waals surface area contributed by atoms with Crippen LogP contribution in [0.3, 0.4) is 0 Å². The number of morpholine rings is 1. The van der Waals surface area contributed by atoms with E-state index in [9.17, 15) is 17.2 Å². The van der Waals surface area contributed by atoms with E-state index in [0.29, 0.717) is 4.68 Å². The van der Waals surface area contributed by atoms with Crippen molar-refractivity contribution < 1.29 is 21.9 Å². The van der Waals surface area contributed by atoms with Crippen molar-refractivity contribution >= 4 is 22.4 Å². The summed E-state index contributed by atoms with van der Waals surface area (Å²) < 4.78 is 59.3. The van der Waals surface area contributed by atoms with Gasteiger partial charge >= 0.3 is 6.55 Å². The Morgan fingerprint density at radius 1 is 1.14 bits per heavy atom.